The van der Waals surface area contributed by atoms with Crippen molar-refractivity contribution in [2.24, 2.45) is 5.92 Å². The number of hydrogen-bond donors (Lipinski definition) is 1. The first-order valence-corrected chi connectivity index (χ1v) is 11.5. The van der Waals surface area contributed by atoms with E-state index in [0.717, 1.165) is 0 Å². The van der Waals surface area contributed by atoms with Crippen LogP contribution in [0.15, 0.2) is 29.2 Å². The number of anilines is 1. The molecule has 140 valence electrons. The normalized spacial score (nSPS) is 19.9. The summed E-state index contributed by atoms with van der Waals surface area (Å²) in [6, 6.07) is 6.01. The van der Waals surface area contributed by atoms with E-state index in [1.54, 1.807) is 26.0 Å². The Kier molecular flexibility index (Phi) is 6.23. The minimum atomic E-state index is -3.52. The lowest BCUT2D eigenvalue weighted by atomic mass is 10.1. The molecule has 25 heavy (non-hydrogen) atoms. The smallest absolute Gasteiger partial charge is 0.243 e. The van der Waals surface area contributed by atoms with Gasteiger partial charge in [-0.25, -0.2) is 16.8 Å². The van der Waals surface area contributed by atoms with Gasteiger partial charge in [0.25, 0.3) is 0 Å². The second kappa shape index (κ2) is 7.84. The Morgan fingerprint density at radius 2 is 1.80 bits per heavy atom. The molecule has 1 N–H and O–H groups in total. The molecule has 0 aliphatic carbocycles. The zero-order valence-corrected chi connectivity index (χ0v) is 16.1. The first-order valence-electron chi connectivity index (χ1n) is 8.28. The van der Waals surface area contributed by atoms with Gasteiger partial charge < -0.3 is 5.32 Å². The molecule has 1 atom stereocenters. The highest BCUT2D eigenvalue weighted by atomic mass is 32.2. The molecule has 1 aromatic rings. The second-order valence-electron chi connectivity index (χ2n) is 6.14. The summed E-state index contributed by atoms with van der Waals surface area (Å²) in [5.41, 5.74) is 0.490. The number of sulfonamides is 1. The van der Waals surface area contributed by atoms with E-state index in [1.807, 2.05) is 0 Å². The summed E-state index contributed by atoms with van der Waals surface area (Å²) in [7, 11) is -6.52. The van der Waals surface area contributed by atoms with Crippen LogP contribution < -0.4 is 5.32 Å². The number of rotatable bonds is 7. The second-order valence-corrected chi connectivity index (χ2v) is 10.3. The molecular formula is C16H24N2O5S2. The topological polar surface area (TPSA) is 101 Å². The Morgan fingerprint density at radius 1 is 1.20 bits per heavy atom. The lowest BCUT2D eigenvalue weighted by Crippen LogP contribution is -2.30. The van der Waals surface area contributed by atoms with Gasteiger partial charge in [-0.3, -0.25) is 4.79 Å². The molecule has 1 fully saturated rings. The van der Waals surface area contributed by atoms with E-state index in [0.29, 0.717) is 25.2 Å². The lowest BCUT2D eigenvalue weighted by molar-refractivity contribution is -0.116. The van der Waals surface area contributed by atoms with Crippen LogP contribution in [0.5, 0.6) is 0 Å². The van der Waals surface area contributed by atoms with Crippen LogP contribution in [0.4, 0.5) is 5.69 Å². The van der Waals surface area contributed by atoms with Crippen molar-refractivity contribution < 1.29 is 21.6 Å². The SMILES string of the molecule is CCN(CC)S(=O)(=O)c1ccc(NC(=O)C[C@H]2CCS(=O)(=O)C2)cc1. The minimum Gasteiger partial charge on any atom is -0.326 e. The molecule has 0 spiro atoms. The number of benzene rings is 1. The van der Waals surface area contributed by atoms with Crippen LogP contribution in [-0.4, -0.2) is 51.6 Å². The molecule has 9 heteroatoms. The van der Waals surface area contributed by atoms with Gasteiger partial charge in [-0.1, -0.05) is 13.8 Å². The van der Waals surface area contributed by atoms with Gasteiger partial charge >= 0.3 is 0 Å². The minimum absolute atomic E-state index is 0.0570. The van der Waals surface area contributed by atoms with E-state index < -0.39 is 19.9 Å². The van der Waals surface area contributed by atoms with E-state index in [1.165, 1.54) is 16.4 Å². The van der Waals surface area contributed by atoms with E-state index >= 15 is 0 Å². The maximum absolute atomic E-state index is 12.4. The fourth-order valence-electron chi connectivity index (χ4n) is 2.93. The first-order chi connectivity index (χ1) is 11.7. The van der Waals surface area contributed by atoms with Crippen LogP contribution in [-0.2, 0) is 24.7 Å². The molecule has 0 unspecified atom stereocenters. The van der Waals surface area contributed by atoms with Gasteiger partial charge in [-0.15, -0.1) is 0 Å². The first kappa shape index (κ1) is 19.9. The number of nitrogens with zero attached hydrogens (tertiary/aromatic N) is 1. The largest absolute Gasteiger partial charge is 0.326 e. The van der Waals surface area contributed by atoms with Crippen molar-refractivity contribution in [3.8, 4) is 0 Å². The summed E-state index contributed by atoms with van der Waals surface area (Å²) in [5.74, 6) is -0.210. The van der Waals surface area contributed by atoms with Crippen LogP contribution >= 0.6 is 0 Å². The summed E-state index contributed by atoms with van der Waals surface area (Å²) >= 11 is 0. The van der Waals surface area contributed by atoms with Gasteiger partial charge in [0.15, 0.2) is 9.84 Å². The number of hydrogen-bond acceptors (Lipinski definition) is 5. The van der Waals surface area contributed by atoms with Crippen molar-refractivity contribution >= 4 is 31.5 Å². The Hall–Kier alpha value is -1.45. The maximum atomic E-state index is 12.4. The van der Waals surface area contributed by atoms with E-state index in [9.17, 15) is 21.6 Å². The third kappa shape index (κ3) is 5.02. The monoisotopic (exact) mass is 388 g/mol. The molecule has 0 aromatic heterocycles. The standard InChI is InChI=1S/C16H24N2O5S2/c1-3-18(4-2)25(22,23)15-7-5-14(6-8-15)17-16(19)11-13-9-10-24(20,21)12-13/h5-8,13H,3-4,9-12H2,1-2H3,(H,17,19)/t13-/m1/s1. The molecule has 1 aliphatic heterocycles. The molecular weight excluding hydrogens is 364 g/mol. The molecule has 2 rings (SSSR count). The van der Waals surface area contributed by atoms with Crippen LogP contribution in [0, 0.1) is 5.92 Å². The average Bonchev–Trinajstić information content (AvgIpc) is 2.87. The average molecular weight is 389 g/mol. The number of sulfone groups is 1. The zero-order valence-electron chi connectivity index (χ0n) is 14.4. The molecule has 1 amide bonds. The Labute approximate surface area is 149 Å². The van der Waals surface area contributed by atoms with E-state index in [-0.39, 0.29) is 34.6 Å². The quantitative estimate of drug-likeness (QED) is 0.762. The van der Waals surface area contributed by atoms with Crippen LogP contribution in [0.1, 0.15) is 26.7 Å². The third-order valence-corrected chi connectivity index (χ3v) is 8.18. The number of amides is 1. The Balaban J connectivity index is 1.99. The fourth-order valence-corrected chi connectivity index (χ4v) is 6.25. The van der Waals surface area contributed by atoms with Gasteiger partial charge in [-0.05, 0) is 36.6 Å². The summed E-state index contributed by atoms with van der Waals surface area (Å²) in [6.45, 7) is 4.33. The van der Waals surface area contributed by atoms with Gasteiger partial charge in [0.2, 0.25) is 15.9 Å². The fraction of sp³-hybridized carbons (Fsp3) is 0.562. The molecule has 1 aromatic carbocycles. The molecule has 0 saturated carbocycles. The number of nitrogens with one attached hydrogen (secondary N) is 1. The zero-order chi connectivity index (χ0) is 18.7. The number of carbonyl (C=O) groups excluding carboxylic acids is 1. The van der Waals surface area contributed by atoms with E-state index in [4.69, 9.17) is 0 Å². The van der Waals surface area contributed by atoms with Crippen molar-refractivity contribution in [2.45, 2.75) is 31.6 Å². The highest BCUT2D eigenvalue weighted by molar-refractivity contribution is 7.91. The predicted octanol–water partition coefficient (Wildman–Crippen LogP) is 1.48. The van der Waals surface area contributed by atoms with Gasteiger partial charge in [0.1, 0.15) is 0 Å². The van der Waals surface area contributed by atoms with Crippen molar-refractivity contribution in [3.05, 3.63) is 24.3 Å². The van der Waals surface area contributed by atoms with Gasteiger partial charge in [-0.2, -0.15) is 4.31 Å². The Morgan fingerprint density at radius 3 is 2.28 bits per heavy atom. The molecule has 1 saturated heterocycles. The highest BCUT2D eigenvalue weighted by Gasteiger charge is 2.29. The lowest BCUT2D eigenvalue weighted by Gasteiger charge is -2.18. The van der Waals surface area contributed by atoms with Crippen LogP contribution in [0.3, 0.4) is 0 Å². The van der Waals surface area contributed by atoms with Crippen molar-refractivity contribution in [1.82, 2.24) is 4.31 Å². The van der Waals surface area contributed by atoms with Gasteiger partial charge in [0, 0.05) is 25.2 Å². The highest BCUT2D eigenvalue weighted by Crippen LogP contribution is 2.23. The molecule has 1 aliphatic rings. The molecule has 0 radical (unpaired) electrons. The van der Waals surface area contributed by atoms with Gasteiger partial charge in [0.05, 0.1) is 16.4 Å². The summed E-state index contributed by atoms with van der Waals surface area (Å²) in [6.07, 6.45) is 0.662. The van der Waals surface area contributed by atoms with Crippen LogP contribution in [0.25, 0.3) is 0 Å². The van der Waals surface area contributed by atoms with Crippen LogP contribution in [0.2, 0.25) is 0 Å². The maximum Gasteiger partial charge on any atom is 0.243 e. The summed E-state index contributed by atoms with van der Waals surface area (Å²) in [4.78, 5) is 12.2. The third-order valence-electron chi connectivity index (χ3n) is 4.28. The van der Waals surface area contributed by atoms with Crippen molar-refractivity contribution in [3.63, 3.8) is 0 Å². The molecule has 1 heterocycles. The summed E-state index contributed by atoms with van der Waals surface area (Å²) < 4.78 is 49.0. The van der Waals surface area contributed by atoms with E-state index in [2.05, 4.69) is 5.32 Å². The molecule has 0 bridgehead atoms. The van der Waals surface area contributed by atoms with Crippen molar-refractivity contribution in [1.29, 1.82) is 0 Å². The Bertz CT molecular complexity index is 813. The van der Waals surface area contributed by atoms with Crippen molar-refractivity contribution in [2.75, 3.05) is 29.9 Å². The molecule has 7 nitrogen and oxygen atoms in total. The summed E-state index contributed by atoms with van der Waals surface area (Å²) in [5, 5.41) is 2.69. The number of carbonyl (C=O) groups is 1. The predicted molar refractivity (Wildman–Crippen MR) is 96.6 cm³/mol.